The summed E-state index contributed by atoms with van der Waals surface area (Å²) in [5, 5.41) is 3.34. The molecule has 0 heterocycles. The third-order valence-corrected chi connectivity index (χ3v) is 1.25. The Hall–Kier alpha value is -1.54. The van der Waals surface area contributed by atoms with Crippen LogP contribution in [-0.4, -0.2) is 0 Å². The van der Waals surface area contributed by atoms with Crippen LogP contribution in [0.15, 0.2) is 29.4 Å². The third-order valence-electron chi connectivity index (χ3n) is 1.25. The number of benzene rings is 1. The van der Waals surface area contributed by atoms with Gasteiger partial charge < -0.3 is 0 Å². The van der Waals surface area contributed by atoms with E-state index in [0.717, 1.165) is 0 Å². The van der Waals surface area contributed by atoms with Gasteiger partial charge in [-0.25, -0.2) is 4.39 Å². The van der Waals surface area contributed by atoms with E-state index in [-0.39, 0.29) is 0 Å². The van der Waals surface area contributed by atoms with Gasteiger partial charge in [0, 0.05) is 10.6 Å². The molecule has 0 saturated heterocycles. The predicted octanol–water partition coefficient (Wildman–Crippen LogP) is 3.10. The first-order valence-electron chi connectivity index (χ1n) is 3.07. The lowest BCUT2D eigenvalue weighted by Gasteiger charge is -1.92. The van der Waals surface area contributed by atoms with Crippen molar-refractivity contribution in [1.82, 2.24) is 0 Å². The highest BCUT2D eigenvalue weighted by atomic mass is 18.2. The zero-order valence-electron chi connectivity index (χ0n) is 5.74. The first kappa shape index (κ1) is 7.57. The summed E-state index contributed by atoms with van der Waals surface area (Å²) in [6.07, 6.45) is 0. The zero-order valence-corrected chi connectivity index (χ0v) is 5.74. The van der Waals surface area contributed by atoms with E-state index in [1.165, 1.54) is 0 Å². The van der Waals surface area contributed by atoms with Gasteiger partial charge in [-0.15, -0.1) is 0 Å². The van der Waals surface area contributed by atoms with Crippen LogP contribution in [0.4, 0.5) is 10.1 Å². The summed E-state index contributed by atoms with van der Waals surface area (Å²) in [6, 6.07) is 6.33. The van der Waals surface area contributed by atoms with Gasteiger partial charge in [0.15, 0.2) is 0 Å². The summed E-state index contributed by atoms with van der Waals surface area (Å²) >= 11 is 0. The summed E-state index contributed by atoms with van der Waals surface area (Å²) in [4.78, 5) is 2.59. The summed E-state index contributed by atoms with van der Waals surface area (Å²) in [7, 11) is 0. The van der Waals surface area contributed by atoms with Crippen LogP contribution in [0, 0.1) is 0 Å². The SMILES string of the molecule is [N-]=[N+]=Nc1ccc(C[18F])cc1. The van der Waals surface area contributed by atoms with Crippen molar-refractivity contribution in [3.05, 3.63) is 40.3 Å². The number of azide groups is 1. The molecule has 0 spiro atoms. The molecule has 1 aromatic carbocycles. The minimum Gasteiger partial charge on any atom is -0.246 e. The van der Waals surface area contributed by atoms with Crippen LogP contribution in [0.25, 0.3) is 10.4 Å². The van der Waals surface area contributed by atoms with Crippen LogP contribution in [0.1, 0.15) is 5.56 Å². The van der Waals surface area contributed by atoms with Crippen molar-refractivity contribution in [2.24, 2.45) is 5.11 Å². The molecule has 0 bridgehead atoms. The maximum atomic E-state index is 11.9. The Labute approximate surface area is 63.1 Å². The molecule has 0 amide bonds. The van der Waals surface area contributed by atoms with Crippen LogP contribution in [0.3, 0.4) is 0 Å². The smallest absolute Gasteiger partial charge is 0.115 e. The van der Waals surface area contributed by atoms with E-state index in [1.54, 1.807) is 24.3 Å². The Morgan fingerprint density at radius 2 is 2.00 bits per heavy atom. The summed E-state index contributed by atoms with van der Waals surface area (Å²) in [5.41, 5.74) is 9.12. The number of halogens is 1. The normalized spacial score (nSPS) is 8.82. The molecule has 11 heavy (non-hydrogen) atoms. The highest BCUT2D eigenvalue weighted by Crippen LogP contribution is 2.13. The molecule has 0 radical (unpaired) electrons. The Morgan fingerprint density at radius 3 is 2.45 bits per heavy atom. The minimum absolute atomic E-state index is 0.490. The molecule has 0 saturated carbocycles. The number of alkyl halides is 1. The van der Waals surface area contributed by atoms with Gasteiger partial charge in [0.1, 0.15) is 6.67 Å². The fraction of sp³-hybridized carbons (Fsp3) is 0.143. The second-order valence-corrected chi connectivity index (χ2v) is 1.99. The van der Waals surface area contributed by atoms with Gasteiger partial charge in [0.2, 0.25) is 0 Å². The van der Waals surface area contributed by atoms with E-state index >= 15 is 0 Å². The molecule has 0 unspecified atom stereocenters. The fourth-order valence-corrected chi connectivity index (χ4v) is 0.703. The highest BCUT2D eigenvalue weighted by molar-refractivity contribution is 5.38. The second kappa shape index (κ2) is 3.58. The van der Waals surface area contributed by atoms with Crippen molar-refractivity contribution in [2.45, 2.75) is 6.67 Å². The average molecular weight is 150 g/mol. The number of hydrogen-bond donors (Lipinski definition) is 0. The van der Waals surface area contributed by atoms with Gasteiger partial charge in [-0.05, 0) is 11.1 Å². The van der Waals surface area contributed by atoms with Gasteiger partial charge in [-0.3, -0.25) is 0 Å². The maximum absolute atomic E-state index is 11.9. The summed E-state index contributed by atoms with van der Waals surface area (Å²) in [6.45, 7) is -0.490. The van der Waals surface area contributed by atoms with Crippen LogP contribution in [-0.2, 0) is 6.67 Å². The first-order chi connectivity index (χ1) is 5.36. The molecular weight excluding hydrogens is 144 g/mol. The van der Waals surface area contributed by atoms with Gasteiger partial charge in [0.25, 0.3) is 0 Å². The molecule has 0 aliphatic carbocycles. The van der Waals surface area contributed by atoms with Crippen molar-refractivity contribution < 1.29 is 4.39 Å². The molecule has 56 valence electrons. The fourth-order valence-electron chi connectivity index (χ4n) is 0.703. The molecule has 4 heteroatoms. The summed E-state index contributed by atoms with van der Waals surface area (Å²) in [5.74, 6) is 0. The minimum atomic E-state index is -0.490. The van der Waals surface area contributed by atoms with E-state index in [9.17, 15) is 4.39 Å². The van der Waals surface area contributed by atoms with E-state index in [2.05, 4.69) is 10.0 Å². The van der Waals surface area contributed by atoms with Gasteiger partial charge >= 0.3 is 0 Å². The van der Waals surface area contributed by atoms with Gasteiger partial charge in [0.05, 0.1) is 0 Å². The lowest BCUT2D eigenvalue weighted by atomic mass is 10.2. The Balaban J connectivity index is 2.91. The number of rotatable bonds is 2. The van der Waals surface area contributed by atoms with Gasteiger partial charge in [-0.2, -0.15) is 0 Å². The molecule has 1 aromatic rings. The molecule has 1 rings (SSSR count). The molecule has 0 fully saturated rings. The third kappa shape index (κ3) is 1.95. The molecule has 3 nitrogen and oxygen atoms in total. The predicted molar refractivity (Wildman–Crippen MR) is 40.1 cm³/mol. The molecular formula is C7H6FN3. The quantitative estimate of drug-likeness (QED) is 0.353. The molecule has 0 atom stereocenters. The topological polar surface area (TPSA) is 48.8 Å². The van der Waals surface area contributed by atoms with E-state index < -0.39 is 6.67 Å². The standard InChI is InChI=1S/C7H6FN3/c8-5-6-1-3-7(4-2-6)10-11-9/h1-4H,5H2/i8-1. The molecule has 0 aromatic heterocycles. The lowest BCUT2D eigenvalue weighted by molar-refractivity contribution is 0.485. The Bertz CT molecular complexity index is 274. The second-order valence-electron chi connectivity index (χ2n) is 1.99. The molecule has 0 N–H and O–H groups in total. The van der Waals surface area contributed by atoms with Crippen molar-refractivity contribution >= 4 is 5.69 Å². The van der Waals surface area contributed by atoms with Crippen molar-refractivity contribution in [1.29, 1.82) is 0 Å². The van der Waals surface area contributed by atoms with E-state index in [4.69, 9.17) is 5.53 Å². The zero-order chi connectivity index (χ0) is 8.10. The van der Waals surface area contributed by atoms with Crippen LogP contribution in [0.5, 0.6) is 0 Å². The first-order valence-corrected chi connectivity index (χ1v) is 3.07. The van der Waals surface area contributed by atoms with E-state index in [0.29, 0.717) is 11.3 Å². The van der Waals surface area contributed by atoms with Crippen LogP contribution >= 0.6 is 0 Å². The highest BCUT2D eigenvalue weighted by Gasteiger charge is 1.89. The van der Waals surface area contributed by atoms with Crippen molar-refractivity contribution in [3.63, 3.8) is 0 Å². The summed E-state index contributed by atoms with van der Waals surface area (Å²) < 4.78 is 11.9. The lowest BCUT2D eigenvalue weighted by Crippen LogP contribution is -1.74. The number of hydrogen-bond acceptors (Lipinski definition) is 1. The molecule has 0 aliphatic rings. The largest absolute Gasteiger partial charge is 0.246 e. The van der Waals surface area contributed by atoms with Crippen LogP contribution in [0.2, 0.25) is 0 Å². The van der Waals surface area contributed by atoms with Crippen molar-refractivity contribution in [2.75, 3.05) is 0 Å². The Morgan fingerprint density at radius 1 is 1.36 bits per heavy atom. The van der Waals surface area contributed by atoms with Crippen LogP contribution < -0.4 is 0 Å². The molecule has 0 aliphatic heterocycles. The number of nitrogens with zero attached hydrogens (tertiary/aromatic N) is 3. The Kier molecular flexibility index (Phi) is 2.47. The average Bonchev–Trinajstić information content (AvgIpc) is 2.07. The van der Waals surface area contributed by atoms with E-state index in [1.807, 2.05) is 0 Å². The monoisotopic (exact) mass is 150 g/mol. The van der Waals surface area contributed by atoms with Crippen molar-refractivity contribution in [3.8, 4) is 0 Å². The maximum Gasteiger partial charge on any atom is 0.115 e. The van der Waals surface area contributed by atoms with Gasteiger partial charge in [-0.1, -0.05) is 29.4 Å².